The van der Waals surface area contributed by atoms with Crippen molar-refractivity contribution in [3.8, 4) is 0 Å². The monoisotopic (exact) mass is 313 g/mol. The summed E-state index contributed by atoms with van der Waals surface area (Å²) in [6, 6.07) is 13.0. The van der Waals surface area contributed by atoms with E-state index >= 15 is 0 Å². The van der Waals surface area contributed by atoms with Gasteiger partial charge in [-0.1, -0.05) is 24.3 Å². The Bertz CT molecular complexity index is 541. The first-order valence-corrected chi connectivity index (χ1v) is 6.65. The normalized spacial score (nSPS) is 17.1. The van der Waals surface area contributed by atoms with Crippen LogP contribution in [0.25, 0.3) is 10.9 Å². The number of nitrogens with one attached hydrogen (secondary N) is 1. The van der Waals surface area contributed by atoms with E-state index in [1.54, 1.807) is 0 Å². The lowest BCUT2D eigenvalue weighted by Crippen LogP contribution is -2.44. The van der Waals surface area contributed by atoms with Crippen LogP contribution in [0.4, 0.5) is 0 Å². The minimum atomic E-state index is 0. The summed E-state index contributed by atoms with van der Waals surface area (Å²) < 4.78 is 0. The molecule has 3 nitrogen and oxygen atoms in total. The number of rotatable bonds is 2. The van der Waals surface area contributed by atoms with Gasteiger partial charge in [0, 0.05) is 37.6 Å². The minimum Gasteiger partial charge on any atom is -0.314 e. The molecule has 3 rings (SSSR count). The number of hydrogen-bond acceptors (Lipinski definition) is 3. The van der Waals surface area contributed by atoms with Gasteiger partial charge in [-0.05, 0) is 19.1 Å². The van der Waals surface area contributed by atoms with Crippen LogP contribution in [0.2, 0.25) is 0 Å². The molecule has 1 aliphatic heterocycles. The molecule has 0 amide bonds. The zero-order chi connectivity index (χ0) is 12.4. The predicted octanol–water partition coefficient (Wildman–Crippen LogP) is 3.04. The lowest BCUT2D eigenvalue weighted by molar-refractivity contribution is 0.183. The highest BCUT2D eigenvalue weighted by Crippen LogP contribution is 2.21. The van der Waals surface area contributed by atoms with E-state index < -0.39 is 0 Å². The number of nitrogens with zero attached hydrogens (tertiary/aromatic N) is 2. The van der Waals surface area contributed by atoms with Gasteiger partial charge < -0.3 is 5.32 Å². The quantitative estimate of drug-likeness (QED) is 0.923. The van der Waals surface area contributed by atoms with Crippen LogP contribution < -0.4 is 5.32 Å². The van der Waals surface area contributed by atoms with E-state index in [4.69, 9.17) is 4.98 Å². The second kappa shape index (κ2) is 7.79. The zero-order valence-electron chi connectivity index (χ0n) is 11.6. The van der Waals surface area contributed by atoms with Crippen LogP contribution in [0.1, 0.15) is 18.7 Å². The SMILES string of the molecule is C[C@@H](c1ccc2ccccc2n1)N1CCNCC1.Cl.Cl. The third-order valence-corrected chi connectivity index (χ3v) is 3.75. The number of para-hydroxylation sites is 1. The van der Waals surface area contributed by atoms with Crippen molar-refractivity contribution in [1.82, 2.24) is 15.2 Å². The van der Waals surface area contributed by atoms with Crippen LogP contribution in [0.5, 0.6) is 0 Å². The van der Waals surface area contributed by atoms with Crippen molar-refractivity contribution in [3.05, 3.63) is 42.1 Å². The molecule has 5 heteroatoms. The summed E-state index contributed by atoms with van der Waals surface area (Å²) in [4.78, 5) is 7.28. The maximum absolute atomic E-state index is 4.79. The molecule has 0 aliphatic carbocycles. The summed E-state index contributed by atoms with van der Waals surface area (Å²) in [5.74, 6) is 0. The Kier molecular flexibility index (Phi) is 6.69. The van der Waals surface area contributed by atoms with Crippen LogP contribution >= 0.6 is 24.8 Å². The number of fused-ring (bicyclic) bond motifs is 1. The molecule has 110 valence electrons. The summed E-state index contributed by atoms with van der Waals surface area (Å²) in [6.07, 6.45) is 0. The Morgan fingerprint density at radius 1 is 1.05 bits per heavy atom. The highest BCUT2D eigenvalue weighted by atomic mass is 35.5. The molecule has 1 aliphatic rings. The second-order valence-corrected chi connectivity index (χ2v) is 4.89. The smallest absolute Gasteiger partial charge is 0.0706 e. The first kappa shape index (κ1) is 17.2. The molecule has 1 aromatic carbocycles. The highest BCUT2D eigenvalue weighted by Gasteiger charge is 2.18. The number of aromatic nitrogens is 1. The molecule has 0 unspecified atom stereocenters. The summed E-state index contributed by atoms with van der Waals surface area (Å²) in [6.45, 7) is 6.63. The summed E-state index contributed by atoms with van der Waals surface area (Å²) >= 11 is 0. The zero-order valence-corrected chi connectivity index (χ0v) is 13.2. The van der Waals surface area contributed by atoms with Crippen LogP contribution in [0.15, 0.2) is 36.4 Å². The van der Waals surface area contributed by atoms with Crippen molar-refractivity contribution >= 4 is 35.7 Å². The molecule has 1 saturated heterocycles. The van der Waals surface area contributed by atoms with Crippen molar-refractivity contribution in [2.75, 3.05) is 26.2 Å². The topological polar surface area (TPSA) is 28.2 Å². The molecule has 0 saturated carbocycles. The third kappa shape index (κ3) is 3.61. The Balaban J connectivity index is 0.000001000. The molecule has 1 atom stereocenters. The third-order valence-electron chi connectivity index (χ3n) is 3.75. The molecule has 0 radical (unpaired) electrons. The molecule has 1 aromatic heterocycles. The number of pyridine rings is 1. The first-order valence-electron chi connectivity index (χ1n) is 6.65. The van der Waals surface area contributed by atoms with E-state index in [1.165, 1.54) is 11.1 Å². The van der Waals surface area contributed by atoms with Gasteiger partial charge in [-0.2, -0.15) is 0 Å². The first-order chi connectivity index (χ1) is 8.84. The van der Waals surface area contributed by atoms with E-state index in [0.29, 0.717) is 6.04 Å². The average molecular weight is 314 g/mol. The van der Waals surface area contributed by atoms with E-state index in [1.807, 2.05) is 0 Å². The summed E-state index contributed by atoms with van der Waals surface area (Å²) in [7, 11) is 0. The van der Waals surface area contributed by atoms with Crippen molar-refractivity contribution < 1.29 is 0 Å². The van der Waals surface area contributed by atoms with Gasteiger partial charge in [-0.15, -0.1) is 24.8 Å². The van der Waals surface area contributed by atoms with Gasteiger partial charge in [-0.25, -0.2) is 0 Å². The fraction of sp³-hybridized carbons (Fsp3) is 0.400. The summed E-state index contributed by atoms with van der Waals surface area (Å²) in [5, 5.41) is 4.61. The summed E-state index contributed by atoms with van der Waals surface area (Å²) in [5.41, 5.74) is 2.27. The van der Waals surface area contributed by atoms with Crippen molar-refractivity contribution in [2.24, 2.45) is 0 Å². The number of hydrogen-bond donors (Lipinski definition) is 1. The van der Waals surface area contributed by atoms with Gasteiger partial charge in [0.2, 0.25) is 0 Å². The minimum absolute atomic E-state index is 0. The van der Waals surface area contributed by atoms with Gasteiger partial charge in [0.25, 0.3) is 0 Å². The van der Waals surface area contributed by atoms with Crippen LogP contribution in [0.3, 0.4) is 0 Å². The second-order valence-electron chi connectivity index (χ2n) is 4.89. The van der Waals surface area contributed by atoms with Crippen LogP contribution in [-0.4, -0.2) is 36.1 Å². The Hall–Kier alpha value is -0.870. The Labute approximate surface area is 132 Å². The van der Waals surface area contributed by atoms with E-state index in [9.17, 15) is 0 Å². The molecular weight excluding hydrogens is 293 g/mol. The Morgan fingerprint density at radius 2 is 1.75 bits per heavy atom. The maximum Gasteiger partial charge on any atom is 0.0706 e. The highest BCUT2D eigenvalue weighted by molar-refractivity contribution is 5.85. The standard InChI is InChI=1S/C15H19N3.2ClH/c1-12(18-10-8-16-9-11-18)14-7-6-13-4-2-3-5-15(13)17-14;;/h2-7,12,16H,8-11H2,1H3;2*1H/t12-;;/m0../s1. The van der Waals surface area contributed by atoms with E-state index in [0.717, 1.165) is 31.7 Å². The number of halogens is 2. The largest absolute Gasteiger partial charge is 0.314 e. The average Bonchev–Trinajstić information content (AvgIpc) is 2.47. The molecule has 1 N–H and O–H groups in total. The molecule has 0 spiro atoms. The molecular formula is C15H21Cl2N3. The Morgan fingerprint density at radius 3 is 2.50 bits per heavy atom. The van der Waals surface area contributed by atoms with Gasteiger partial charge in [0.05, 0.1) is 11.2 Å². The van der Waals surface area contributed by atoms with E-state index in [2.05, 4.69) is 53.5 Å². The van der Waals surface area contributed by atoms with E-state index in [-0.39, 0.29) is 24.8 Å². The number of piperazine rings is 1. The maximum atomic E-state index is 4.79. The van der Waals surface area contributed by atoms with Gasteiger partial charge in [0.15, 0.2) is 0 Å². The molecule has 1 fully saturated rings. The fourth-order valence-corrected chi connectivity index (χ4v) is 2.57. The fourth-order valence-electron chi connectivity index (χ4n) is 2.57. The van der Waals surface area contributed by atoms with Crippen LogP contribution in [-0.2, 0) is 0 Å². The van der Waals surface area contributed by atoms with Crippen molar-refractivity contribution in [3.63, 3.8) is 0 Å². The molecule has 20 heavy (non-hydrogen) atoms. The van der Waals surface area contributed by atoms with Gasteiger partial charge >= 0.3 is 0 Å². The van der Waals surface area contributed by atoms with Gasteiger partial charge in [0.1, 0.15) is 0 Å². The lowest BCUT2D eigenvalue weighted by atomic mass is 10.1. The number of benzene rings is 1. The predicted molar refractivity (Wildman–Crippen MR) is 89.1 cm³/mol. The van der Waals surface area contributed by atoms with Crippen LogP contribution in [0, 0.1) is 0 Å². The molecule has 2 heterocycles. The molecule has 0 bridgehead atoms. The van der Waals surface area contributed by atoms with Gasteiger partial charge in [-0.3, -0.25) is 9.88 Å². The van der Waals surface area contributed by atoms with Crippen molar-refractivity contribution in [2.45, 2.75) is 13.0 Å². The molecule has 2 aromatic rings. The van der Waals surface area contributed by atoms with Crippen molar-refractivity contribution in [1.29, 1.82) is 0 Å². The lowest BCUT2D eigenvalue weighted by Gasteiger charge is -2.32.